The summed E-state index contributed by atoms with van der Waals surface area (Å²) in [6, 6.07) is 3.99. The molecule has 5 heteroatoms. The molecule has 1 unspecified atom stereocenters. The monoisotopic (exact) mass is 280 g/mol. The van der Waals surface area contributed by atoms with E-state index in [2.05, 4.69) is 10.2 Å². The highest BCUT2D eigenvalue weighted by Gasteiger charge is 2.20. The zero-order chi connectivity index (χ0) is 14.5. The summed E-state index contributed by atoms with van der Waals surface area (Å²) in [4.78, 5) is 13.2. The largest absolute Gasteiger partial charge is 0.478 e. The number of carbonyl (C=O) groups is 1. The molecule has 1 heterocycles. The zero-order valence-corrected chi connectivity index (χ0v) is 11.7. The van der Waals surface area contributed by atoms with Gasteiger partial charge in [0.15, 0.2) is 0 Å². The van der Waals surface area contributed by atoms with E-state index in [1.807, 2.05) is 7.05 Å². The van der Waals surface area contributed by atoms with Crippen LogP contribution in [0.3, 0.4) is 0 Å². The first kappa shape index (κ1) is 14.9. The molecule has 0 aromatic heterocycles. The molecule has 1 aromatic rings. The Bertz CT molecular complexity index is 477. The Kier molecular flexibility index (Phi) is 5.09. The predicted octanol–water partition coefficient (Wildman–Crippen LogP) is 1.96. The Labute approximate surface area is 118 Å². The van der Waals surface area contributed by atoms with Crippen molar-refractivity contribution in [2.24, 2.45) is 5.92 Å². The van der Waals surface area contributed by atoms with Gasteiger partial charge in [0.2, 0.25) is 0 Å². The van der Waals surface area contributed by atoms with Crippen molar-refractivity contribution in [1.29, 1.82) is 0 Å². The third-order valence-corrected chi connectivity index (χ3v) is 3.78. The summed E-state index contributed by atoms with van der Waals surface area (Å²) in [6.45, 7) is 3.32. The standard InChI is InChI=1S/C15H21FN2O2/c1-17-8-11-3-2-6-18(9-11)10-13-7-12(15(19)20)4-5-14(13)16/h4-5,7,11,17H,2-3,6,8-10H2,1H3,(H,19,20). The maximum absolute atomic E-state index is 13.8. The Morgan fingerprint density at radius 1 is 1.55 bits per heavy atom. The van der Waals surface area contributed by atoms with Crippen molar-refractivity contribution in [2.45, 2.75) is 19.4 Å². The Balaban J connectivity index is 2.05. The van der Waals surface area contributed by atoms with Crippen LogP contribution in [0.5, 0.6) is 0 Å². The van der Waals surface area contributed by atoms with Crippen LogP contribution in [0.25, 0.3) is 0 Å². The second kappa shape index (κ2) is 6.81. The van der Waals surface area contributed by atoms with E-state index in [-0.39, 0.29) is 11.4 Å². The number of nitrogens with zero attached hydrogens (tertiary/aromatic N) is 1. The van der Waals surface area contributed by atoms with Crippen LogP contribution >= 0.6 is 0 Å². The highest BCUT2D eigenvalue weighted by Crippen LogP contribution is 2.20. The summed E-state index contributed by atoms with van der Waals surface area (Å²) in [5, 5.41) is 12.2. The lowest BCUT2D eigenvalue weighted by Gasteiger charge is -2.32. The number of hydrogen-bond acceptors (Lipinski definition) is 3. The molecule has 1 fully saturated rings. The van der Waals surface area contributed by atoms with Crippen molar-refractivity contribution >= 4 is 5.97 Å². The topological polar surface area (TPSA) is 52.6 Å². The summed E-state index contributed by atoms with van der Waals surface area (Å²) >= 11 is 0. The number of hydrogen-bond donors (Lipinski definition) is 2. The van der Waals surface area contributed by atoms with Gasteiger partial charge in [0.25, 0.3) is 0 Å². The maximum Gasteiger partial charge on any atom is 0.335 e. The number of piperidine rings is 1. The molecule has 110 valence electrons. The lowest BCUT2D eigenvalue weighted by molar-refractivity contribution is 0.0696. The van der Waals surface area contributed by atoms with E-state index in [1.54, 1.807) is 0 Å². The second-order valence-electron chi connectivity index (χ2n) is 5.41. The van der Waals surface area contributed by atoms with Gasteiger partial charge in [-0.3, -0.25) is 4.90 Å². The lowest BCUT2D eigenvalue weighted by atomic mass is 9.97. The molecule has 1 aliphatic rings. The molecule has 2 rings (SSSR count). The number of aromatic carboxylic acids is 1. The van der Waals surface area contributed by atoms with Crippen molar-refractivity contribution in [3.8, 4) is 0 Å². The predicted molar refractivity (Wildman–Crippen MR) is 75.3 cm³/mol. The van der Waals surface area contributed by atoms with Crippen LogP contribution < -0.4 is 5.32 Å². The van der Waals surface area contributed by atoms with Crippen LogP contribution in [0, 0.1) is 11.7 Å². The van der Waals surface area contributed by atoms with Crippen molar-refractivity contribution in [3.05, 3.63) is 35.1 Å². The zero-order valence-electron chi connectivity index (χ0n) is 11.7. The van der Waals surface area contributed by atoms with E-state index < -0.39 is 5.97 Å². The van der Waals surface area contributed by atoms with Crippen LogP contribution in [-0.4, -0.2) is 42.7 Å². The van der Waals surface area contributed by atoms with Gasteiger partial charge in [-0.25, -0.2) is 9.18 Å². The number of benzene rings is 1. The smallest absolute Gasteiger partial charge is 0.335 e. The fourth-order valence-corrected chi connectivity index (χ4v) is 2.82. The third-order valence-electron chi connectivity index (χ3n) is 3.78. The molecule has 0 bridgehead atoms. The van der Waals surface area contributed by atoms with Crippen LogP contribution in [-0.2, 0) is 6.54 Å². The fourth-order valence-electron chi connectivity index (χ4n) is 2.82. The molecule has 0 radical (unpaired) electrons. The van der Waals surface area contributed by atoms with Gasteiger partial charge < -0.3 is 10.4 Å². The van der Waals surface area contributed by atoms with E-state index in [1.165, 1.54) is 24.6 Å². The van der Waals surface area contributed by atoms with Gasteiger partial charge in [-0.05, 0) is 57.1 Å². The number of halogens is 1. The molecule has 1 saturated heterocycles. The SMILES string of the molecule is CNCC1CCCN(Cc2cc(C(=O)O)ccc2F)C1. The first-order valence-corrected chi connectivity index (χ1v) is 6.99. The highest BCUT2D eigenvalue weighted by molar-refractivity contribution is 5.87. The minimum atomic E-state index is -1.02. The van der Waals surface area contributed by atoms with Crippen molar-refractivity contribution in [3.63, 3.8) is 0 Å². The molecule has 0 spiro atoms. The number of likely N-dealkylation sites (tertiary alicyclic amines) is 1. The van der Waals surface area contributed by atoms with E-state index in [4.69, 9.17) is 5.11 Å². The first-order valence-electron chi connectivity index (χ1n) is 6.99. The van der Waals surface area contributed by atoms with Gasteiger partial charge in [0.05, 0.1) is 5.56 Å². The fraction of sp³-hybridized carbons (Fsp3) is 0.533. The lowest BCUT2D eigenvalue weighted by Crippen LogP contribution is -2.38. The Morgan fingerprint density at radius 3 is 3.05 bits per heavy atom. The molecule has 2 N–H and O–H groups in total. The number of carboxylic acid groups (broad SMARTS) is 1. The Morgan fingerprint density at radius 2 is 2.35 bits per heavy atom. The van der Waals surface area contributed by atoms with Gasteiger partial charge in [0, 0.05) is 18.7 Å². The van der Waals surface area contributed by atoms with Crippen LogP contribution in [0.1, 0.15) is 28.8 Å². The molecule has 1 aromatic carbocycles. The highest BCUT2D eigenvalue weighted by atomic mass is 19.1. The molecule has 20 heavy (non-hydrogen) atoms. The minimum Gasteiger partial charge on any atom is -0.478 e. The molecule has 0 amide bonds. The first-order chi connectivity index (χ1) is 9.60. The summed E-state index contributed by atoms with van der Waals surface area (Å²) in [7, 11) is 1.94. The van der Waals surface area contributed by atoms with Gasteiger partial charge >= 0.3 is 5.97 Å². The summed E-state index contributed by atoms with van der Waals surface area (Å²) in [5.41, 5.74) is 0.611. The normalized spacial score (nSPS) is 20.0. The van der Waals surface area contributed by atoms with Crippen molar-refractivity contribution in [1.82, 2.24) is 10.2 Å². The minimum absolute atomic E-state index is 0.144. The van der Waals surface area contributed by atoms with Crippen molar-refractivity contribution in [2.75, 3.05) is 26.7 Å². The van der Waals surface area contributed by atoms with E-state index in [0.717, 1.165) is 26.1 Å². The third kappa shape index (κ3) is 3.77. The van der Waals surface area contributed by atoms with Gasteiger partial charge in [-0.15, -0.1) is 0 Å². The van der Waals surface area contributed by atoms with Gasteiger partial charge in [-0.1, -0.05) is 0 Å². The van der Waals surface area contributed by atoms with E-state index >= 15 is 0 Å². The average Bonchev–Trinajstić information content (AvgIpc) is 2.42. The van der Waals surface area contributed by atoms with Crippen LogP contribution in [0.4, 0.5) is 4.39 Å². The number of carboxylic acids is 1. The number of rotatable bonds is 5. The summed E-state index contributed by atoms with van der Waals surface area (Å²) in [5.74, 6) is -0.761. The average molecular weight is 280 g/mol. The van der Waals surface area contributed by atoms with Crippen molar-refractivity contribution < 1.29 is 14.3 Å². The Hall–Kier alpha value is -1.46. The maximum atomic E-state index is 13.8. The molecule has 0 aliphatic carbocycles. The molecular weight excluding hydrogens is 259 g/mol. The second-order valence-corrected chi connectivity index (χ2v) is 5.41. The quantitative estimate of drug-likeness (QED) is 0.865. The van der Waals surface area contributed by atoms with E-state index in [9.17, 15) is 9.18 Å². The van der Waals surface area contributed by atoms with Gasteiger partial charge in [0.1, 0.15) is 5.82 Å². The molecule has 1 atom stereocenters. The number of nitrogens with one attached hydrogen (secondary N) is 1. The summed E-state index contributed by atoms with van der Waals surface area (Å²) < 4.78 is 13.8. The van der Waals surface area contributed by atoms with E-state index in [0.29, 0.717) is 18.0 Å². The van der Waals surface area contributed by atoms with Gasteiger partial charge in [-0.2, -0.15) is 0 Å². The molecule has 0 saturated carbocycles. The van der Waals surface area contributed by atoms with Crippen LogP contribution in [0.2, 0.25) is 0 Å². The molecular formula is C15H21FN2O2. The summed E-state index contributed by atoms with van der Waals surface area (Å²) in [6.07, 6.45) is 2.29. The molecule has 4 nitrogen and oxygen atoms in total. The van der Waals surface area contributed by atoms with Crippen LogP contribution in [0.15, 0.2) is 18.2 Å². The molecule has 1 aliphatic heterocycles.